The Morgan fingerprint density at radius 3 is 1.77 bits per heavy atom. The maximum absolute atomic E-state index is 12.4. The number of benzene rings is 2. The average molecular weight is 598 g/mol. The van der Waals surface area contributed by atoms with Gasteiger partial charge in [-0.3, -0.25) is 14.4 Å². The van der Waals surface area contributed by atoms with Gasteiger partial charge in [0.15, 0.2) is 0 Å². The molecule has 0 aliphatic rings. The van der Waals surface area contributed by atoms with E-state index in [2.05, 4.69) is 20.6 Å². The van der Waals surface area contributed by atoms with Crippen LogP contribution in [0.15, 0.2) is 65.1 Å². The first kappa shape index (κ1) is 36.4. The molecule has 0 aliphatic heterocycles. The van der Waals surface area contributed by atoms with Gasteiger partial charge in [0.25, 0.3) is 5.91 Å². The van der Waals surface area contributed by atoms with Crippen LogP contribution in [0.5, 0.6) is 0 Å². The predicted molar refractivity (Wildman–Crippen MR) is 159 cm³/mol. The van der Waals surface area contributed by atoms with E-state index in [4.69, 9.17) is 25.5 Å². The number of hydrogen-bond acceptors (Lipinski definition) is 6. The molecule has 0 fully saturated rings. The third-order valence-corrected chi connectivity index (χ3v) is 5.63. The van der Waals surface area contributed by atoms with Crippen molar-refractivity contribution in [3.05, 3.63) is 76.0 Å². The summed E-state index contributed by atoms with van der Waals surface area (Å²) in [4.78, 5) is 38.9. The number of nitrogens with one attached hydrogen (secondary N) is 1. The number of aliphatic hydroxyl groups excluding tert-OH is 2. The number of aliphatic hydroxyl groups is 2. The fourth-order valence-electron chi connectivity index (χ4n) is 2.90. The second-order valence-corrected chi connectivity index (χ2v) is 8.69. The van der Waals surface area contributed by atoms with Crippen LogP contribution in [0.2, 0.25) is 0 Å². The number of carbonyl (C=O) groups excluding carboxylic acids is 3. The van der Waals surface area contributed by atoms with Crippen LogP contribution in [-0.4, -0.2) is 73.4 Å². The van der Waals surface area contributed by atoms with Gasteiger partial charge in [0, 0.05) is 0 Å². The standard InChI is InChI=1S/C17H18N5O.2C6H10O2.Co/c18-8-9-19-10-11-20-17(23)12-4-3-7-15-16(12)22-14-6-2-1-5-13(14)21-15;2*1-4(5(2)7)6(3)8;/h1-7H,8-11,18H2,(H,20,23);2*7H,1-3H3;/q-1;;;+3/p+2/b;2*5-4-;. The molecule has 3 rings (SSSR count). The molecule has 0 radical (unpaired) electrons. The second-order valence-electron chi connectivity index (χ2n) is 8.69. The van der Waals surface area contributed by atoms with Crippen molar-refractivity contribution in [1.29, 1.82) is 0 Å². The van der Waals surface area contributed by atoms with E-state index in [9.17, 15) is 4.79 Å². The summed E-state index contributed by atoms with van der Waals surface area (Å²) >= 11 is 0. The summed E-state index contributed by atoms with van der Waals surface area (Å²) in [5, 5.41) is 24.4. The molecule has 2 aromatic carbocycles. The summed E-state index contributed by atoms with van der Waals surface area (Å²) in [7, 11) is 0. The van der Waals surface area contributed by atoms with Crippen LogP contribution >= 0.6 is 0 Å². The molecule has 3 aromatic rings. The second kappa shape index (κ2) is 18.6. The number of para-hydroxylation sites is 3. The van der Waals surface area contributed by atoms with Crippen LogP contribution in [0.3, 0.4) is 0 Å². The smallest absolute Gasteiger partial charge is 0.660 e. The Morgan fingerprint density at radius 1 is 0.825 bits per heavy atom. The average Bonchev–Trinajstić information content (AvgIpc) is 2.90. The van der Waals surface area contributed by atoms with E-state index in [0.29, 0.717) is 53.9 Å². The number of carbonyl (C=O) groups is 1. The monoisotopic (exact) mass is 597 g/mol. The molecule has 0 saturated carbocycles. The first-order chi connectivity index (χ1) is 18.4. The van der Waals surface area contributed by atoms with Crippen LogP contribution < -0.4 is 11.1 Å². The van der Waals surface area contributed by atoms with Gasteiger partial charge < -0.3 is 26.6 Å². The molecule has 0 aliphatic carbocycles. The third kappa shape index (κ3) is 12.0. The first-order valence-corrected chi connectivity index (χ1v) is 12.5. The Labute approximate surface area is 245 Å². The molecule has 10 nitrogen and oxygen atoms in total. The van der Waals surface area contributed by atoms with Crippen LogP contribution in [0, 0.1) is 0 Å². The summed E-state index contributed by atoms with van der Waals surface area (Å²) < 4.78 is 0. The molecular weight excluding hydrogens is 557 g/mol. The molecule has 0 bridgehead atoms. The van der Waals surface area contributed by atoms with Gasteiger partial charge in [-0.1, -0.05) is 18.2 Å². The molecule has 0 atom stereocenters. The van der Waals surface area contributed by atoms with E-state index in [-0.39, 0.29) is 45.8 Å². The van der Waals surface area contributed by atoms with Gasteiger partial charge in [0.1, 0.15) is 17.0 Å². The Morgan fingerprint density at radius 2 is 1.32 bits per heavy atom. The molecule has 1 aromatic heterocycles. The number of nitrogens with zero attached hydrogens (tertiary/aromatic N) is 3. The SMILES string of the molecule is CC(=[OH+])/C(C)=C(/C)O.CC(=[OH+])/C(C)=C(/C)O.NCC[N-]CCNC(=O)c1cccc2nc3ccccc3nc12.[Co+3]. The number of ketones is 2. The molecule has 7 N–H and O–H groups in total. The molecule has 216 valence electrons. The molecule has 0 unspecified atom stereocenters. The molecule has 40 heavy (non-hydrogen) atoms. The van der Waals surface area contributed by atoms with Crippen LogP contribution in [0.25, 0.3) is 27.4 Å². The van der Waals surface area contributed by atoms with E-state index in [1.165, 1.54) is 27.7 Å². The Kier molecular flexibility index (Phi) is 16.9. The summed E-state index contributed by atoms with van der Waals surface area (Å²) in [5.74, 6) is 0.521. The zero-order valence-electron chi connectivity index (χ0n) is 23.8. The first-order valence-electron chi connectivity index (χ1n) is 12.5. The Bertz CT molecular complexity index is 1330. The van der Waals surface area contributed by atoms with Gasteiger partial charge in [-0.25, -0.2) is 9.97 Å². The maximum atomic E-state index is 12.4. The van der Waals surface area contributed by atoms with Crippen LogP contribution in [0.4, 0.5) is 0 Å². The quantitative estimate of drug-likeness (QED) is 0.0965. The zero-order valence-corrected chi connectivity index (χ0v) is 24.9. The van der Waals surface area contributed by atoms with Crippen molar-refractivity contribution < 1.29 is 41.4 Å². The minimum absolute atomic E-state index is 0. The minimum Gasteiger partial charge on any atom is -0.660 e. The third-order valence-electron chi connectivity index (χ3n) is 5.63. The number of nitrogens with two attached hydrogens (primary N) is 1. The number of amides is 1. The van der Waals surface area contributed by atoms with Crippen molar-refractivity contribution in [1.82, 2.24) is 15.3 Å². The molecule has 0 saturated heterocycles. The van der Waals surface area contributed by atoms with E-state index in [1.54, 1.807) is 19.9 Å². The van der Waals surface area contributed by atoms with E-state index in [1.807, 2.05) is 36.4 Å². The molecule has 11 heteroatoms. The summed E-state index contributed by atoms with van der Waals surface area (Å²) in [5.41, 5.74) is 9.91. The zero-order chi connectivity index (χ0) is 29.5. The fraction of sp³-hybridized carbons (Fsp3) is 0.345. The van der Waals surface area contributed by atoms with E-state index < -0.39 is 0 Å². The maximum Gasteiger partial charge on any atom is 3.00 e. The predicted octanol–water partition coefficient (Wildman–Crippen LogP) is 4.65. The van der Waals surface area contributed by atoms with E-state index in [0.717, 1.165) is 11.0 Å². The van der Waals surface area contributed by atoms with Gasteiger partial charge >= 0.3 is 28.3 Å². The van der Waals surface area contributed by atoms with Gasteiger partial charge in [-0.2, -0.15) is 0 Å². The van der Waals surface area contributed by atoms with Gasteiger partial charge in [0.05, 0.1) is 47.1 Å². The van der Waals surface area contributed by atoms with Crippen molar-refractivity contribution in [2.75, 3.05) is 26.2 Å². The van der Waals surface area contributed by atoms with Gasteiger partial charge in [-0.05, 0) is 65.0 Å². The number of fused-ring (bicyclic) bond motifs is 2. The summed E-state index contributed by atoms with van der Waals surface area (Å²) in [6, 6.07) is 13.1. The summed E-state index contributed by atoms with van der Waals surface area (Å²) in [6.45, 7) is 11.6. The van der Waals surface area contributed by atoms with Crippen molar-refractivity contribution >= 4 is 39.5 Å². The normalized spacial score (nSPS) is 11.5. The number of aromatic nitrogens is 2. The van der Waals surface area contributed by atoms with Crippen molar-refractivity contribution in [2.24, 2.45) is 5.73 Å². The number of hydrogen-bond donors (Lipinski definition) is 4. The van der Waals surface area contributed by atoms with Crippen molar-refractivity contribution in [3.8, 4) is 0 Å². The largest absolute Gasteiger partial charge is 3.00 e. The molecule has 1 amide bonds. The van der Waals surface area contributed by atoms with Crippen molar-refractivity contribution in [3.63, 3.8) is 0 Å². The topological polar surface area (TPSA) is 178 Å². The summed E-state index contributed by atoms with van der Waals surface area (Å²) in [6.07, 6.45) is 0. The molecule has 0 spiro atoms. The molecular formula is C29H40CoN5O5+4. The van der Waals surface area contributed by atoms with Crippen LogP contribution in [0.1, 0.15) is 51.9 Å². The fourth-order valence-corrected chi connectivity index (χ4v) is 2.90. The molecule has 1 heterocycles. The minimum atomic E-state index is -0.164. The number of allylic oxidation sites excluding steroid dienone is 4. The van der Waals surface area contributed by atoms with Crippen molar-refractivity contribution in [2.45, 2.75) is 41.5 Å². The Balaban J connectivity index is 0.000000744. The number of rotatable bonds is 8. The Hall–Kier alpha value is -3.64. The van der Waals surface area contributed by atoms with Gasteiger partial charge in [0.2, 0.25) is 0 Å². The van der Waals surface area contributed by atoms with Gasteiger partial charge in [-0.15, -0.1) is 13.1 Å². The van der Waals surface area contributed by atoms with E-state index >= 15 is 0 Å². The van der Waals surface area contributed by atoms with Crippen LogP contribution in [-0.2, 0) is 16.8 Å².